The lowest BCUT2D eigenvalue weighted by atomic mass is 10.1. The minimum Gasteiger partial charge on any atom is -0.467 e. The van der Waals surface area contributed by atoms with E-state index in [-0.39, 0.29) is 12.3 Å². The van der Waals surface area contributed by atoms with Crippen LogP contribution in [0.2, 0.25) is 10.0 Å². The summed E-state index contributed by atoms with van der Waals surface area (Å²) in [6.07, 6.45) is 2.67. The van der Waals surface area contributed by atoms with E-state index < -0.39 is 0 Å². The van der Waals surface area contributed by atoms with Gasteiger partial charge in [-0.05, 0) is 54.4 Å². The number of rotatable bonds is 10. The van der Waals surface area contributed by atoms with Crippen LogP contribution in [0.25, 0.3) is 22.3 Å². The van der Waals surface area contributed by atoms with Crippen LogP contribution in [0, 0.1) is 0 Å². The summed E-state index contributed by atoms with van der Waals surface area (Å²) in [6.45, 7) is 1.47. The molecular formula is C30H26Cl2N4O2. The first-order chi connectivity index (χ1) is 18.6. The smallest absolute Gasteiger partial charge is 0.222 e. The molecule has 0 fully saturated rings. The van der Waals surface area contributed by atoms with Gasteiger partial charge >= 0.3 is 0 Å². The van der Waals surface area contributed by atoms with Gasteiger partial charge in [-0.15, -0.1) is 0 Å². The number of carbonyl (C=O) groups is 1. The van der Waals surface area contributed by atoms with Crippen LogP contribution in [0.15, 0.2) is 95.6 Å². The molecule has 0 spiro atoms. The van der Waals surface area contributed by atoms with Crippen LogP contribution >= 0.6 is 23.2 Å². The lowest BCUT2D eigenvalue weighted by molar-refractivity contribution is -0.121. The Hall–Kier alpha value is -3.87. The first-order valence-corrected chi connectivity index (χ1v) is 13.1. The average Bonchev–Trinajstić information content (AvgIpc) is 3.46. The summed E-state index contributed by atoms with van der Waals surface area (Å²) >= 11 is 12.9. The fraction of sp³-hybridized carbons (Fsp3) is 0.167. The lowest BCUT2D eigenvalue weighted by Crippen LogP contribution is -2.33. The van der Waals surface area contributed by atoms with Crippen molar-refractivity contribution in [3.63, 3.8) is 0 Å². The van der Waals surface area contributed by atoms with Crippen molar-refractivity contribution in [2.45, 2.75) is 19.4 Å². The van der Waals surface area contributed by atoms with Gasteiger partial charge in [0.15, 0.2) is 5.82 Å². The predicted molar refractivity (Wildman–Crippen MR) is 153 cm³/mol. The molecule has 0 aliphatic carbocycles. The molecule has 0 bridgehead atoms. The number of nitrogens with zero attached hydrogens (tertiary/aromatic N) is 3. The molecule has 1 N–H and O–H groups in total. The molecule has 6 nitrogen and oxygen atoms in total. The zero-order valence-corrected chi connectivity index (χ0v) is 22.1. The molecule has 0 unspecified atom stereocenters. The van der Waals surface area contributed by atoms with Crippen LogP contribution < -0.4 is 10.2 Å². The second-order valence-electron chi connectivity index (χ2n) is 8.84. The standard InChI is InChI=1S/C30H26Cl2N4O2/c31-22-12-13-25-27(19-22)34-29(24-10-4-5-11-26(24)32)35-30(25)36(16-14-21-7-2-1-3-8-21)17-15-28(37)33-20-23-9-6-18-38-23/h1-13,18-19H,14-17,20H2,(H,33,37). The third-order valence-electron chi connectivity index (χ3n) is 6.22. The van der Waals surface area contributed by atoms with E-state index in [0.29, 0.717) is 46.8 Å². The quantitative estimate of drug-likeness (QED) is 0.206. The van der Waals surface area contributed by atoms with Crippen LogP contribution in [0.5, 0.6) is 0 Å². The number of hydrogen-bond acceptors (Lipinski definition) is 5. The number of carbonyl (C=O) groups excluding carboxylic acids is 1. The molecule has 3 aromatic carbocycles. The maximum absolute atomic E-state index is 12.7. The number of anilines is 1. The molecule has 38 heavy (non-hydrogen) atoms. The van der Waals surface area contributed by atoms with Gasteiger partial charge in [-0.25, -0.2) is 9.97 Å². The van der Waals surface area contributed by atoms with Crippen molar-refractivity contribution in [2.24, 2.45) is 0 Å². The summed E-state index contributed by atoms with van der Waals surface area (Å²) in [5, 5.41) is 4.93. The number of amides is 1. The van der Waals surface area contributed by atoms with Crippen LogP contribution in [-0.4, -0.2) is 29.0 Å². The molecule has 0 radical (unpaired) electrons. The minimum atomic E-state index is -0.0705. The monoisotopic (exact) mass is 544 g/mol. The molecular weight excluding hydrogens is 519 g/mol. The van der Waals surface area contributed by atoms with E-state index in [1.807, 2.05) is 66.7 Å². The molecule has 5 aromatic rings. The lowest BCUT2D eigenvalue weighted by Gasteiger charge is -2.25. The molecule has 0 saturated heterocycles. The van der Waals surface area contributed by atoms with Crippen molar-refractivity contribution >= 4 is 45.8 Å². The Balaban J connectivity index is 1.48. The summed E-state index contributed by atoms with van der Waals surface area (Å²) in [5.74, 6) is 1.88. The maximum atomic E-state index is 12.7. The van der Waals surface area contributed by atoms with E-state index >= 15 is 0 Å². The second-order valence-corrected chi connectivity index (χ2v) is 9.68. The number of fused-ring (bicyclic) bond motifs is 1. The molecule has 0 atom stereocenters. The third-order valence-corrected chi connectivity index (χ3v) is 6.78. The van der Waals surface area contributed by atoms with Gasteiger partial charge in [-0.2, -0.15) is 0 Å². The van der Waals surface area contributed by atoms with Gasteiger partial charge in [0.2, 0.25) is 5.91 Å². The topological polar surface area (TPSA) is 71.3 Å². The Morgan fingerprint density at radius 3 is 2.50 bits per heavy atom. The van der Waals surface area contributed by atoms with Crippen molar-refractivity contribution in [3.8, 4) is 11.4 Å². The van der Waals surface area contributed by atoms with E-state index in [4.69, 9.17) is 37.6 Å². The van der Waals surface area contributed by atoms with Gasteiger partial charge < -0.3 is 14.6 Å². The Labute approximate surface area is 231 Å². The fourth-order valence-corrected chi connectivity index (χ4v) is 4.63. The van der Waals surface area contributed by atoms with Crippen LogP contribution in [-0.2, 0) is 17.8 Å². The van der Waals surface area contributed by atoms with Gasteiger partial charge in [0.05, 0.1) is 23.3 Å². The number of benzene rings is 3. The normalized spacial score (nSPS) is 11.0. The Bertz CT molecular complexity index is 1520. The minimum absolute atomic E-state index is 0.0705. The van der Waals surface area contributed by atoms with Gasteiger partial charge in [-0.3, -0.25) is 4.79 Å². The molecule has 0 aliphatic rings. The first kappa shape index (κ1) is 25.8. The molecule has 192 valence electrons. The van der Waals surface area contributed by atoms with Gasteiger partial charge in [0.25, 0.3) is 0 Å². The first-order valence-electron chi connectivity index (χ1n) is 12.4. The Kier molecular flexibility index (Phi) is 8.22. The van der Waals surface area contributed by atoms with Crippen LogP contribution in [0.3, 0.4) is 0 Å². The molecule has 0 saturated carbocycles. The van der Waals surface area contributed by atoms with E-state index in [0.717, 1.165) is 23.2 Å². The van der Waals surface area contributed by atoms with Gasteiger partial charge in [-0.1, -0.05) is 65.7 Å². The SMILES string of the molecule is O=C(CCN(CCc1ccccc1)c1nc(-c2ccccc2Cl)nc2cc(Cl)ccc12)NCc1ccco1. The zero-order chi connectivity index (χ0) is 26.3. The molecule has 2 aromatic heterocycles. The van der Waals surface area contributed by atoms with Crippen molar-refractivity contribution < 1.29 is 9.21 Å². The zero-order valence-electron chi connectivity index (χ0n) is 20.6. The molecule has 2 heterocycles. The predicted octanol–water partition coefficient (Wildman–Crippen LogP) is 6.95. The number of hydrogen-bond donors (Lipinski definition) is 1. The highest BCUT2D eigenvalue weighted by molar-refractivity contribution is 6.33. The highest BCUT2D eigenvalue weighted by Gasteiger charge is 2.18. The van der Waals surface area contributed by atoms with E-state index in [9.17, 15) is 4.79 Å². The number of nitrogens with one attached hydrogen (secondary N) is 1. The largest absolute Gasteiger partial charge is 0.467 e. The van der Waals surface area contributed by atoms with Crippen molar-refractivity contribution in [1.82, 2.24) is 15.3 Å². The summed E-state index contributed by atoms with van der Waals surface area (Å²) in [7, 11) is 0. The van der Waals surface area contributed by atoms with E-state index in [2.05, 4.69) is 22.3 Å². The summed E-state index contributed by atoms with van der Waals surface area (Å²) in [4.78, 5) is 24.6. The second kappa shape index (κ2) is 12.1. The fourth-order valence-electron chi connectivity index (χ4n) is 4.25. The van der Waals surface area contributed by atoms with Gasteiger partial charge in [0.1, 0.15) is 11.6 Å². The Morgan fingerprint density at radius 2 is 1.71 bits per heavy atom. The van der Waals surface area contributed by atoms with Crippen molar-refractivity contribution in [1.29, 1.82) is 0 Å². The summed E-state index contributed by atoms with van der Waals surface area (Å²) in [6, 6.07) is 27.0. The maximum Gasteiger partial charge on any atom is 0.222 e. The van der Waals surface area contributed by atoms with Crippen LogP contribution in [0.1, 0.15) is 17.7 Å². The highest BCUT2D eigenvalue weighted by atomic mass is 35.5. The van der Waals surface area contributed by atoms with Crippen molar-refractivity contribution in [2.75, 3.05) is 18.0 Å². The Morgan fingerprint density at radius 1 is 0.895 bits per heavy atom. The highest BCUT2D eigenvalue weighted by Crippen LogP contribution is 2.32. The van der Waals surface area contributed by atoms with Crippen LogP contribution in [0.4, 0.5) is 5.82 Å². The van der Waals surface area contributed by atoms with E-state index in [1.54, 1.807) is 12.3 Å². The number of halogens is 2. The average molecular weight is 545 g/mol. The molecule has 5 rings (SSSR count). The summed E-state index contributed by atoms with van der Waals surface area (Å²) < 4.78 is 5.33. The summed E-state index contributed by atoms with van der Waals surface area (Å²) in [5.41, 5.74) is 2.65. The third kappa shape index (κ3) is 6.33. The molecule has 8 heteroatoms. The van der Waals surface area contributed by atoms with E-state index in [1.165, 1.54) is 5.56 Å². The molecule has 1 amide bonds. The van der Waals surface area contributed by atoms with Crippen molar-refractivity contribution in [3.05, 3.63) is 113 Å². The number of furan rings is 1. The molecule has 0 aliphatic heterocycles. The van der Waals surface area contributed by atoms with Gasteiger partial charge in [0, 0.05) is 35.5 Å². The number of aromatic nitrogens is 2.